The van der Waals surface area contributed by atoms with Crippen molar-refractivity contribution in [2.24, 2.45) is 0 Å². The molecule has 1 aromatic heterocycles. The Labute approximate surface area is 229 Å². The van der Waals surface area contributed by atoms with E-state index >= 15 is 0 Å². The molecule has 2 amide bonds. The van der Waals surface area contributed by atoms with Gasteiger partial charge in [0.2, 0.25) is 11.8 Å². The minimum Gasteiger partial charge on any atom is -0.497 e. The van der Waals surface area contributed by atoms with Gasteiger partial charge in [0.25, 0.3) is 0 Å². The molecule has 3 heterocycles. The van der Waals surface area contributed by atoms with Crippen molar-refractivity contribution in [3.05, 3.63) is 76.2 Å². The first-order valence-corrected chi connectivity index (χ1v) is 14.3. The van der Waals surface area contributed by atoms with Gasteiger partial charge in [0, 0.05) is 55.9 Å². The van der Waals surface area contributed by atoms with Gasteiger partial charge < -0.3 is 14.5 Å². The maximum Gasteiger partial charge on any atom is 0.227 e. The van der Waals surface area contributed by atoms with Crippen molar-refractivity contribution in [1.82, 2.24) is 14.8 Å². The first kappa shape index (κ1) is 26.4. The Morgan fingerprint density at radius 3 is 2.58 bits per heavy atom. The summed E-state index contributed by atoms with van der Waals surface area (Å²) in [5.74, 6) is 0.905. The molecule has 0 spiro atoms. The normalized spacial score (nSPS) is 20.4. The Balaban J connectivity index is 1.49. The maximum atomic E-state index is 13.9. The number of methoxy groups -OCH3 is 1. The Hall–Kier alpha value is -3.23. The molecule has 2 aliphatic rings. The van der Waals surface area contributed by atoms with Crippen molar-refractivity contribution in [2.45, 2.75) is 64.2 Å². The van der Waals surface area contributed by atoms with Crippen LogP contribution in [0.3, 0.4) is 0 Å². The summed E-state index contributed by atoms with van der Waals surface area (Å²) in [5.41, 5.74) is 2.88. The summed E-state index contributed by atoms with van der Waals surface area (Å²) in [6, 6.07) is 16.3. The number of ether oxygens (including phenoxy) is 1. The summed E-state index contributed by atoms with van der Waals surface area (Å²) >= 11 is 1.68. The predicted molar refractivity (Wildman–Crippen MR) is 150 cm³/mol. The molecule has 200 valence electrons. The molecule has 2 aliphatic heterocycles. The van der Waals surface area contributed by atoms with E-state index in [1.165, 1.54) is 0 Å². The third-order valence-electron chi connectivity index (χ3n) is 7.82. The molecule has 1 saturated heterocycles. The number of para-hydroxylation sites is 1. The van der Waals surface area contributed by atoms with Crippen molar-refractivity contribution in [3.63, 3.8) is 0 Å². The van der Waals surface area contributed by atoms with Gasteiger partial charge in [-0.2, -0.15) is 0 Å². The Bertz CT molecular complexity index is 1230. The van der Waals surface area contributed by atoms with Crippen LogP contribution < -0.4 is 9.64 Å². The highest BCUT2D eigenvalue weighted by Crippen LogP contribution is 2.32. The van der Waals surface area contributed by atoms with Gasteiger partial charge in [-0.1, -0.05) is 36.8 Å². The molecule has 2 atom stereocenters. The topological polar surface area (TPSA) is 66.0 Å². The van der Waals surface area contributed by atoms with Crippen molar-refractivity contribution in [1.29, 1.82) is 0 Å². The molecule has 1 fully saturated rings. The Morgan fingerprint density at radius 2 is 1.84 bits per heavy atom. The van der Waals surface area contributed by atoms with E-state index < -0.39 is 0 Å². The van der Waals surface area contributed by atoms with E-state index in [4.69, 9.17) is 4.74 Å². The van der Waals surface area contributed by atoms with Crippen molar-refractivity contribution >= 4 is 28.8 Å². The van der Waals surface area contributed by atoms with Crippen LogP contribution in [-0.2, 0) is 29.1 Å². The van der Waals surface area contributed by atoms with Gasteiger partial charge in [0.05, 0.1) is 20.1 Å². The van der Waals surface area contributed by atoms with E-state index in [1.807, 2.05) is 63.8 Å². The molecule has 7 nitrogen and oxygen atoms in total. The van der Waals surface area contributed by atoms with Crippen LogP contribution >= 0.6 is 11.3 Å². The lowest BCUT2D eigenvalue weighted by Crippen LogP contribution is -2.52. The fourth-order valence-corrected chi connectivity index (χ4v) is 6.47. The van der Waals surface area contributed by atoms with Crippen molar-refractivity contribution in [3.8, 4) is 5.75 Å². The number of aromatic nitrogens is 1. The summed E-state index contributed by atoms with van der Waals surface area (Å²) in [5, 5.41) is 3.12. The third kappa shape index (κ3) is 6.08. The zero-order chi connectivity index (χ0) is 26.5. The molecule has 0 aliphatic carbocycles. The number of amides is 2. The fraction of sp³-hybridized carbons (Fsp3) is 0.433. The van der Waals surface area contributed by atoms with Gasteiger partial charge >= 0.3 is 0 Å². The van der Waals surface area contributed by atoms with Crippen LogP contribution in [0.5, 0.6) is 5.75 Å². The molecule has 2 aromatic carbocycles. The van der Waals surface area contributed by atoms with Gasteiger partial charge in [-0.15, -0.1) is 11.3 Å². The molecule has 0 radical (unpaired) electrons. The van der Waals surface area contributed by atoms with E-state index in [9.17, 15) is 9.59 Å². The van der Waals surface area contributed by atoms with Gasteiger partial charge in [-0.3, -0.25) is 14.5 Å². The second-order valence-corrected chi connectivity index (χ2v) is 11.2. The van der Waals surface area contributed by atoms with Crippen LogP contribution in [0.4, 0.5) is 5.69 Å². The number of carbonyl (C=O) groups is 2. The van der Waals surface area contributed by atoms with Gasteiger partial charge in [-0.05, 0) is 48.6 Å². The predicted octanol–water partition coefficient (Wildman–Crippen LogP) is 4.90. The monoisotopic (exact) mass is 532 g/mol. The van der Waals surface area contributed by atoms with Crippen LogP contribution in [0.1, 0.15) is 48.7 Å². The van der Waals surface area contributed by atoms with Crippen LogP contribution in [0, 0.1) is 0 Å². The number of hydrogen-bond donors (Lipinski definition) is 0. The van der Waals surface area contributed by atoms with E-state index in [0.29, 0.717) is 32.1 Å². The number of anilines is 1. The highest BCUT2D eigenvalue weighted by Gasteiger charge is 2.35. The second-order valence-electron chi connectivity index (χ2n) is 10.2. The number of nitrogens with zero attached hydrogens (tertiary/aromatic N) is 4. The molecule has 3 aromatic rings. The molecule has 0 saturated carbocycles. The molecular weight excluding hydrogens is 496 g/mol. The molecular formula is C30H36N4O3S. The number of rotatable bonds is 5. The number of piperidine rings is 1. The van der Waals surface area contributed by atoms with Gasteiger partial charge in [0.1, 0.15) is 10.8 Å². The molecule has 38 heavy (non-hydrogen) atoms. The molecule has 5 rings (SSSR count). The largest absolute Gasteiger partial charge is 0.497 e. The highest BCUT2D eigenvalue weighted by molar-refractivity contribution is 7.09. The summed E-state index contributed by atoms with van der Waals surface area (Å²) in [6.45, 7) is 4.21. The first-order valence-electron chi connectivity index (χ1n) is 13.4. The minimum absolute atomic E-state index is 0.0339. The summed E-state index contributed by atoms with van der Waals surface area (Å²) in [6.07, 6.45) is 6.35. The van der Waals surface area contributed by atoms with Crippen LogP contribution in [0.15, 0.2) is 60.1 Å². The minimum atomic E-state index is 0.0339. The fourth-order valence-electron chi connectivity index (χ4n) is 5.85. The molecule has 0 N–H and O–H groups in total. The number of fused-ring (bicyclic) bond motifs is 3. The van der Waals surface area contributed by atoms with E-state index in [2.05, 4.69) is 16.0 Å². The lowest BCUT2D eigenvalue weighted by atomic mass is 9.92. The zero-order valence-electron chi connectivity index (χ0n) is 22.2. The van der Waals surface area contributed by atoms with E-state index in [0.717, 1.165) is 59.8 Å². The summed E-state index contributed by atoms with van der Waals surface area (Å²) < 4.78 is 5.29. The lowest BCUT2D eigenvalue weighted by molar-refractivity contribution is -0.132. The van der Waals surface area contributed by atoms with Gasteiger partial charge in [0.15, 0.2) is 0 Å². The van der Waals surface area contributed by atoms with E-state index in [1.54, 1.807) is 25.4 Å². The molecule has 2 bridgehead atoms. The quantitative estimate of drug-likeness (QED) is 0.468. The lowest BCUT2D eigenvalue weighted by Gasteiger charge is -2.43. The SMILES string of the molecule is COc1ccc(CC(=O)N2Cc3ccccc3N(C(C)=O)CCC3CCCC(C2)N3Cc2nccs2)cc1. The smallest absolute Gasteiger partial charge is 0.227 e. The second kappa shape index (κ2) is 12.1. The zero-order valence-corrected chi connectivity index (χ0v) is 23.0. The van der Waals surface area contributed by atoms with Crippen LogP contribution in [0.2, 0.25) is 0 Å². The highest BCUT2D eigenvalue weighted by atomic mass is 32.1. The number of hydrogen-bond acceptors (Lipinski definition) is 6. The van der Waals surface area contributed by atoms with Crippen LogP contribution in [-0.4, -0.2) is 58.9 Å². The number of thiazole rings is 1. The van der Waals surface area contributed by atoms with Gasteiger partial charge in [-0.25, -0.2) is 4.98 Å². The maximum absolute atomic E-state index is 13.9. The van der Waals surface area contributed by atoms with Crippen LogP contribution in [0.25, 0.3) is 0 Å². The first-order chi connectivity index (χ1) is 18.5. The average molecular weight is 533 g/mol. The Kier molecular flexibility index (Phi) is 8.39. The Morgan fingerprint density at radius 1 is 1.05 bits per heavy atom. The summed E-state index contributed by atoms with van der Waals surface area (Å²) in [4.78, 5) is 37.8. The molecule has 2 unspecified atom stereocenters. The van der Waals surface area contributed by atoms with Crippen molar-refractivity contribution in [2.75, 3.05) is 25.1 Å². The molecule has 8 heteroatoms. The summed E-state index contributed by atoms with van der Waals surface area (Å²) in [7, 11) is 1.64. The number of benzene rings is 2. The standard InChI is InChI=1S/C30H36N4O3S/c1-22(35)33-16-14-25-7-5-8-26(34(25)21-29-31-15-17-38-29)20-32(19-24-6-3-4-9-28(24)33)30(36)18-23-10-12-27(37-2)13-11-23/h3-4,6,9-13,15,17,25-26H,5,7-8,14,16,18-21H2,1-2H3. The number of carbonyl (C=O) groups excluding carboxylic acids is 2. The third-order valence-corrected chi connectivity index (χ3v) is 8.59. The average Bonchev–Trinajstić information content (AvgIpc) is 3.43. The van der Waals surface area contributed by atoms with E-state index in [-0.39, 0.29) is 17.9 Å². The van der Waals surface area contributed by atoms with Crippen molar-refractivity contribution < 1.29 is 14.3 Å².